The van der Waals surface area contributed by atoms with Crippen LogP contribution in [0.4, 0.5) is 0 Å². The lowest BCUT2D eigenvalue weighted by atomic mass is 10.0. The fourth-order valence-electron chi connectivity index (χ4n) is 3.07. The average Bonchev–Trinajstić information content (AvgIpc) is 2.41. The van der Waals surface area contributed by atoms with E-state index in [4.69, 9.17) is 11.6 Å². The van der Waals surface area contributed by atoms with Crippen molar-refractivity contribution in [3.63, 3.8) is 0 Å². The SMILES string of the molecule is CC(C)CN1CCC(N[C@@H](C)c2ccccc2Cl)CC1. The monoisotopic (exact) mass is 294 g/mol. The highest BCUT2D eigenvalue weighted by molar-refractivity contribution is 6.31. The molecule has 3 heteroatoms. The molecule has 112 valence electrons. The van der Waals surface area contributed by atoms with Crippen molar-refractivity contribution < 1.29 is 0 Å². The minimum atomic E-state index is 0.324. The summed E-state index contributed by atoms with van der Waals surface area (Å²) in [5.74, 6) is 0.765. The zero-order valence-electron chi connectivity index (χ0n) is 12.9. The van der Waals surface area contributed by atoms with Gasteiger partial charge in [-0.3, -0.25) is 0 Å². The van der Waals surface area contributed by atoms with Crippen LogP contribution in [0.5, 0.6) is 0 Å². The Morgan fingerprint density at radius 3 is 2.45 bits per heavy atom. The van der Waals surface area contributed by atoms with Crippen LogP contribution >= 0.6 is 11.6 Å². The number of benzene rings is 1. The third-order valence-corrected chi connectivity index (χ3v) is 4.41. The van der Waals surface area contributed by atoms with E-state index in [-0.39, 0.29) is 0 Å². The van der Waals surface area contributed by atoms with Crippen LogP contribution in [-0.2, 0) is 0 Å². The number of hydrogen-bond acceptors (Lipinski definition) is 2. The quantitative estimate of drug-likeness (QED) is 0.879. The van der Waals surface area contributed by atoms with Crippen LogP contribution in [0.25, 0.3) is 0 Å². The minimum absolute atomic E-state index is 0.324. The number of hydrogen-bond donors (Lipinski definition) is 1. The largest absolute Gasteiger partial charge is 0.307 e. The number of rotatable bonds is 5. The van der Waals surface area contributed by atoms with Crippen molar-refractivity contribution in [1.82, 2.24) is 10.2 Å². The fourth-order valence-corrected chi connectivity index (χ4v) is 3.37. The molecular weight excluding hydrogens is 268 g/mol. The number of nitrogens with one attached hydrogen (secondary N) is 1. The van der Waals surface area contributed by atoms with Gasteiger partial charge in [-0.15, -0.1) is 0 Å². The molecule has 1 saturated heterocycles. The van der Waals surface area contributed by atoms with Crippen molar-refractivity contribution in [2.24, 2.45) is 5.92 Å². The molecule has 0 bridgehead atoms. The Balaban J connectivity index is 1.82. The molecule has 1 aliphatic heterocycles. The van der Waals surface area contributed by atoms with Crippen LogP contribution < -0.4 is 5.32 Å². The van der Waals surface area contributed by atoms with Crippen LogP contribution in [0.1, 0.15) is 45.2 Å². The summed E-state index contributed by atoms with van der Waals surface area (Å²) in [5.41, 5.74) is 1.21. The fraction of sp³-hybridized carbons (Fsp3) is 0.647. The predicted molar refractivity (Wildman–Crippen MR) is 87.3 cm³/mol. The van der Waals surface area contributed by atoms with Gasteiger partial charge in [0.05, 0.1) is 0 Å². The Hall–Kier alpha value is -0.570. The first kappa shape index (κ1) is 15.8. The van der Waals surface area contributed by atoms with Gasteiger partial charge in [0, 0.05) is 23.7 Å². The topological polar surface area (TPSA) is 15.3 Å². The molecule has 0 spiro atoms. The Kier molecular flexibility index (Phi) is 5.88. The molecule has 1 aromatic carbocycles. The molecule has 0 aromatic heterocycles. The molecule has 1 aliphatic rings. The molecule has 1 heterocycles. The maximum atomic E-state index is 6.27. The van der Waals surface area contributed by atoms with E-state index >= 15 is 0 Å². The average molecular weight is 295 g/mol. The van der Waals surface area contributed by atoms with Gasteiger partial charge in [-0.25, -0.2) is 0 Å². The van der Waals surface area contributed by atoms with Crippen LogP contribution in [0.2, 0.25) is 5.02 Å². The molecule has 0 saturated carbocycles. The highest BCUT2D eigenvalue weighted by atomic mass is 35.5. The van der Waals surface area contributed by atoms with Gasteiger partial charge in [-0.1, -0.05) is 43.6 Å². The van der Waals surface area contributed by atoms with Crippen LogP contribution in [0.3, 0.4) is 0 Å². The maximum Gasteiger partial charge on any atom is 0.0453 e. The molecule has 0 radical (unpaired) electrons. The van der Waals surface area contributed by atoms with E-state index in [9.17, 15) is 0 Å². The van der Waals surface area contributed by atoms with Crippen LogP contribution in [-0.4, -0.2) is 30.6 Å². The van der Waals surface area contributed by atoms with E-state index in [1.807, 2.05) is 12.1 Å². The Morgan fingerprint density at radius 1 is 1.20 bits per heavy atom. The molecule has 1 atom stereocenters. The van der Waals surface area contributed by atoms with Crippen molar-refractivity contribution in [2.75, 3.05) is 19.6 Å². The first-order chi connectivity index (χ1) is 9.56. The van der Waals surface area contributed by atoms with Crippen molar-refractivity contribution in [2.45, 2.75) is 45.7 Å². The number of halogens is 1. The summed E-state index contributed by atoms with van der Waals surface area (Å²) in [5, 5.41) is 4.60. The lowest BCUT2D eigenvalue weighted by molar-refractivity contribution is 0.175. The standard InChI is InChI=1S/C17H27ClN2/c1-13(2)12-20-10-8-15(9-11-20)19-14(3)16-6-4-5-7-17(16)18/h4-7,13-15,19H,8-12H2,1-3H3/t14-/m0/s1. The first-order valence-electron chi connectivity index (χ1n) is 7.79. The molecule has 0 amide bonds. The molecule has 1 aromatic rings. The summed E-state index contributed by atoms with van der Waals surface area (Å²) < 4.78 is 0. The molecule has 1 N–H and O–H groups in total. The summed E-state index contributed by atoms with van der Waals surface area (Å²) in [4.78, 5) is 2.59. The lowest BCUT2D eigenvalue weighted by Gasteiger charge is -2.35. The molecule has 2 nitrogen and oxygen atoms in total. The molecule has 2 rings (SSSR count). The smallest absolute Gasteiger partial charge is 0.0453 e. The second-order valence-electron chi connectivity index (χ2n) is 6.38. The molecule has 20 heavy (non-hydrogen) atoms. The number of likely N-dealkylation sites (tertiary alicyclic amines) is 1. The van der Waals surface area contributed by atoms with E-state index in [0.29, 0.717) is 12.1 Å². The van der Waals surface area contributed by atoms with Gasteiger partial charge in [0.2, 0.25) is 0 Å². The Labute approximate surface area is 128 Å². The summed E-state index contributed by atoms with van der Waals surface area (Å²) in [6.07, 6.45) is 2.48. The molecule has 0 unspecified atom stereocenters. The van der Waals surface area contributed by atoms with Gasteiger partial charge in [-0.05, 0) is 50.4 Å². The van der Waals surface area contributed by atoms with Gasteiger partial charge < -0.3 is 10.2 Å². The zero-order chi connectivity index (χ0) is 14.5. The van der Waals surface area contributed by atoms with E-state index in [0.717, 1.165) is 10.9 Å². The van der Waals surface area contributed by atoms with E-state index in [1.165, 1.54) is 38.0 Å². The number of nitrogens with zero attached hydrogens (tertiary/aromatic N) is 1. The minimum Gasteiger partial charge on any atom is -0.307 e. The van der Waals surface area contributed by atoms with E-state index in [2.05, 4.69) is 43.1 Å². The van der Waals surface area contributed by atoms with Gasteiger partial charge >= 0.3 is 0 Å². The molecule has 1 fully saturated rings. The summed E-state index contributed by atoms with van der Waals surface area (Å²) in [6.45, 7) is 10.5. The normalized spacial score (nSPS) is 19.4. The summed E-state index contributed by atoms with van der Waals surface area (Å²) in [7, 11) is 0. The predicted octanol–water partition coefficient (Wildman–Crippen LogP) is 4.11. The second kappa shape index (κ2) is 7.44. The van der Waals surface area contributed by atoms with Gasteiger partial charge in [-0.2, -0.15) is 0 Å². The van der Waals surface area contributed by atoms with Gasteiger partial charge in [0.15, 0.2) is 0 Å². The van der Waals surface area contributed by atoms with Crippen LogP contribution in [0, 0.1) is 5.92 Å². The third kappa shape index (κ3) is 4.47. The highest BCUT2D eigenvalue weighted by Crippen LogP contribution is 2.24. The maximum absolute atomic E-state index is 6.27. The molecular formula is C17H27ClN2. The summed E-state index contributed by atoms with van der Waals surface area (Å²) >= 11 is 6.27. The van der Waals surface area contributed by atoms with E-state index < -0.39 is 0 Å². The first-order valence-corrected chi connectivity index (χ1v) is 8.17. The highest BCUT2D eigenvalue weighted by Gasteiger charge is 2.21. The van der Waals surface area contributed by atoms with Gasteiger partial charge in [0.25, 0.3) is 0 Å². The van der Waals surface area contributed by atoms with Crippen LogP contribution in [0.15, 0.2) is 24.3 Å². The van der Waals surface area contributed by atoms with Gasteiger partial charge in [0.1, 0.15) is 0 Å². The Bertz CT molecular complexity index is 411. The van der Waals surface area contributed by atoms with Crippen molar-refractivity contribution >= 4 is 11.6 Å². The molecule has 0 aliphatic carbocycles. The van der Waals surface area contributed by atoms with Crippen molar-refractivity contribution in [3.8, 4) is 0 Å². The van der Waals surface area contributed by atoms with Crippen molar-refractivity contribution in [3.05, 3.63) is 34.9 Å². The third-order valence-electron chi connectivity index (χ3n) is 4.07. The lowest BCUT2D eigenvalue weighted by Crippen LogP contribution is -2.44. The van der Waals surface area contributed by atoms with Crippen molar-refractivity contribution in [1.29, 1.82) is 0 Å². The summed E-state index contributed by atoms with van der Waals surface area (Å²) in [6, 6.07) is 9.08. The zero-order valence-corrected chi connectivity index (χ0v) is 13.7. The number of piperidine rings is 1. The van der Waals surface area contributed by atoms with E-state index in [1.54, 1.807) is 0 Å². The Morgan fingerprint density at radius 2 is 1.85 bits per heavy atom. The second-order valence-corrected chi connectivity index (χ2v) is 6.79.